The van der Waals surface area contributed by atoms with Gasteiger partial charge in [-0.1, -0.05) is 11.8 Å². The van der Waals surface area contributed by atoms with Gasteiger partial charge >= 0.3 is 0 Å². The quantitative estimate of drug-likeness (QED) is 0.855. The minimum Gasteiger partial charge on any atom is -0.334 e. The summed E-state index contributed by atoms with van der Waals surface area (Å²) in [5.41, 5.74) is 0.718. The maximum Gasteiger partial charge on any atom is 0.161 e. The van der Waals surface area contributed by atoms with Crippen molar-refractivity contribution in [2.24, 2.45) is 4.99 Å². The van der Waals surface area contributed by atoms with Gasteiger partial charge in [-0.25, -0.2) is 4.39 Å². The number of anilines is 1. The van der Waals surface area contributed by atoms with Gasteiger partial charge in [-0.2, -0.15) is 0 Å². The number of rotatable bonds is 1. The molecule has 1 heterocycles. The number of hydrogen-bond donors (Lipinski definition) is 1. The summed E-state index contributed by atoms with van der Waals surface area (Å²) in [6, 6.07) is 4.89. The molecular formula is C10H10BrFN2S. The van der Waals surface area contributed by atoms with Gasteiger partial charge in [-0.15, -0.1) is 0 Å². The predicted molar refractivity (Wildman–Crippen MR) is 67.1 cm³/mol. The van der Waals surface area contributed by atoms with E-state index >= 15 is 0 Å². The molecule has 0 amide bonds. The molecular weight excluding hydrogens is 279 g/mol. The molecule has 0 spiro atoms. The third-order valence-electron chi connectivity index (χ3n) is 1.97. The van der Waals surface area contributed by atoms with Crippen molar-refractivity contribution in [1.82, 2.24) is 0 Å². The zero-order chi connectivity index (χ0) is 10.8. The maximum absolute atomic E-state index is 13.0. The van der Waals surface area contributed by atoms with Gasteiger partial charge in [-0.3, -0.25) is 4.99 Å². The highest BCUT2D eigenvalue weighted by Gasteiger charge is 2.14. The van der Waals surface area contributed by atoms with Crippen LogP contribution in [-0.2, 0) is 0 Å². The second-order valence-corrected chi connectivity index (χ2v) is 5.21. The molecule has 2 nitrogen and oxygen atoms in total. The number of aliphatic imine (C=N–C) groups is 1. The van der Waals surface area contributed by atoms with Crippen molar-refractivity contribution in [3.8, 4) is 0 Å². The third kappa shape index (κ3) is 2.72. The number of halogens is 2. The Morgan fingerprint density at radius 1 is 1.60 bits per heavy atom. The van der Waals surface area contributed by atoms with Gasteiger partial charge < -0.3 is 5.32 Å². The number of thioether (sulfide) groups is 1. The molecule has 15 heavy (non-hydrogen) atoms. The Bertz CT molecular complexity index is 408. The number of hydrogen-bond acceptors (Lipinski definition) is 3. The molecule has 1 aromatic rings. The van der Waals surface area contributed by atoms with Crippen LogP contribution in [0.4, 0.5) is 10.1 Å². The standard InChI is InChI=1S/C10H10BrFN2S/c1-6-5-15-10(13-6)14-9-4-7(12)2-3-8(9)11/h2-4,6H,5H2,1H3,(H,13,14). The SMILES string of the molecule is CC1CSC(Nc2cc(F)ccc2Br)=N1. The van der Waals surface area contributed by atoms with Gasteiger partial charge in [0, 0.05) is 10.2 Å². The average molecular weight is 289 g/mol. The van der Waals surface area contributed by atoms with Crippen molar-refractivity contribution >= 4 is 38.5 Å². The lowest BCUT2D eigenvalue weighted by Crippen LogP contribution is -2.05. The van der Waals surface area contributed by atoms with Crippen LogP contribution < -0.4 is 5.32 Å². The van der Waals surface area contributed by atoms with E-state index < -0.39 is 0 Å². The minimum absolute atomic E-state index is 0.252. The number of nitrogens with zero attached hydrogens (tertiary/aromatic N) is 1. The third-order valence-corrected chi connectivity index (χ3v) is 3.79. The fourth-order valence-electron chi connectivity index (χ4n) is 1.25. The van der Waals surface area contributed by atoms with Crippen LogP contribution in [0.2, 0.25) is 0 Å². The molecule has 1 atom stereocenters. The highest BCUT2D eigenvalue weighted by molar-refractivity contribution is 9.10. The van der Waals surface area contributed by atoms with Crippen molar-refractivity contribution in [3.63, 3.8) is 0 Å². The number of amidine groups is 1. The number of benzene rings is 1. The van der Waals surface area contributed by atoms with E-state index in [-0.39, 0.29) is 5.82 Å². The summed E-state index contributed by atoms with van der Waals surface area (Å²) in [5, 5.41) is 3.96. The van der Waals surface area contributed by atoms with E-state index in [1.165, 1.54) is 12.1 Å². The van der Waals surface area contributed by atoms with Crippen molar-refractivity contribution in [2.75, 3.05) is 11.1 Å². The first-order chi connectivity index (χ1) is 7.15. The molecule has 2 rings (SSSR count). The monoisotopic (exact) mass is 288 g/mol. The summed E-state index contributed by atoms with van der Waals surface area (Å²) in [5.74, 6) is 0.729. The first-order valence-corrected chi connectivity index (χ1v) is 6.35. The lowest BCUT2D eigenvalue weighted by Gasteiger charge is -2.07. The maximum atomic E-state index is 13.0. The smallest absolute Gasteiger partial charge is 0.161 e. The summed E-state index contributed by atoms with van der Waals surface area (Å²) >= 11 is 5.01. The molecule has 1 unspecified atom stereocenters. The van der Waals surface area contributed by atoms with Gasteiger partial charge in [-0.05, 0) is 41.1 Å². The van der Waals surface area contributed by atoms with Crippen LogP contribution in [0.25, 0.3) is 0 Å². The average Bonchev–Trinajstić information content (AvgIpc) is 2.58. The van der Waals surface area contributed by atoms with Crippen molar-refractivity contribution in [1.29, 1.82) is 0 Å². The van der Waals surface area contributed by atoms with E-state index in [0.29, 0.717) is 6.04 Å². The van der Waals surface area contributed by atoms with E-state index in [4.69, 9.17) is 0 Å². The Morgan fingerprint density at radius 3 is 3.07 bits per heavy atom. The van der Waals surface area contributed by atoms with Gasteiger partial charge in [0.2, 0.25) is 0 Å². The van der Waals surface area contributed by atoms with E-state index in [2.05, 4.69) is 33.2 Å². The zero-order valence-electron chi connectivity index (χ0n) is 8.13. The Balaban J connectivity index is 2.17. The molecule has 0 aliphatic carbocycles. The van der Waals surface area contributed by atoms with Crippen LogP contribution in [0, 0.1) is 5.82 Å². The molecule has 1 aliphatic rings. The molecule has 1 N–H and O–H groups in total. The minimum atomic E-state index is -0.252. The summed E-state index contributed by atoms with van der Waals surface area (Å²) in [4.78, 5) is 4.38. The molecule has 5 heteroatoms. The molecule has 0 saturated heterocycles. The normalized spacial score (nSPS) is 20.2. The molecule has 80 valence electrons. The van der Waals surface area contributed by atoms with Crippen LogP contribution in [-0.4, -0.2) is 17.0 Å². The van der Waals surface area contributed by atoms with Crippen LogP contribution in [0.15, 0.2) is 27.7 Å². The van der Waals surface area contributed by atoms with Gasteiger partial charge in [0.05, 0.1) is 11.7 Å². The van der Waals surface area contributed by atoms with Crippen LogP contribution in [0.5, 0.6) is 0 Å². The topological polar surface area (TPSA) is 24.4 Å². The van der Waals surface area contributed by atoms with Gasteiger partial charge in [0.1, 0.15) is 5.82 Å². The van der Waals surface area contributed by atoms with Gasteiger partial charge in [0.15, 0.2) is 5.17 Å². The Morgan fingerprint density at radius 2 is 2.40 bits per heavy atom. The lowest BCUT2D eigenvalue weighted by molar-refractivity contribution is 0.628. The summed E-state index contributed by atoms with van der Waals surface area (Å²) in [6.45, 7) is 2.06. The predicted octanol–water partition coefficient (Wildman–Crippen LogP) is 3.49. The molecule has 1 aliphatic heterocycles. The lowest BCUT2D eigenvalue weighted by atomic mass is 10.3. The Hall–Kier alpha value is -0.550. The molecule has 0 saturated carbocycles. The molecule has 0 fully saturated rings. The van der Waals surface area contributed by atoms with Crippen molar-refractivity contribution in [2.45, 2.75) is 13.0 Å². The van der Waals surface area contributed by atoms with E-state index in [1.807, 2.05) is 0 Å². The largest absolute Gasteiger partial charge is 0.334 e. The fourth-order valence-corrected chi connectivity index (χ4v) is 2.51. The van der Waals surface area contributed by atoms with E-state index in [0.717, 1.165) is 21.1 Å². The van der Waals surface area contributed by atoms with Gasteiger partial charge in [0.25, 0.3) is 0 Å². The highest BCUT2D eigenvalue weighted by Crippen LogP contribution is 2.26. The van der Waals surface area contributed by atoms with Crippen LogP contribution in [0.1, 0.15) is 6.92 Å². The second kappa shape index (κ2) is 4.53. The zero-order valence-corrected chi connectivity index (χ0v) is 10.5. The first kappa shape index (κ1) is 11.0. The van der Waals surface area contributed by atoms with Crippen LogP contribution in [0.3, 0.4) is 0 Å². The molecule has 0 aromatic heterocycles. The first-order valence-electron chi connectivity index (χ1n) is 4.58. The fraction of sp³-hybridized carbons (Fsp3) is 0.300. The van der Waals surface area contributed by atoms with E-state index in [9.17, 15) is 4.39 Å². The summed E-state index contributed by atoms with van der Waals surface area (Å²) < 4.78 is 13.8. The Labute approximate surface area is 100 Å². The Kier molecular flexibility index (Phi) is 3.31. The second-order valence-electron chi connectivity index (χ2n) is 3.34. The highest BCUT2D eigenvalue weighted by atomic mass is 79.9. The number of nitrogens with one attached hydrogen (secondary N) is 1. The van der Waals surface area contributed by atoms with Crippen LogP contribution >= 0.6 is 27.7 Å². The molecule has 0 radical (unpaired) electrons. The van der Waals surface area contributed by atoms with Crippen molar-refractivity contribution < 1.29 is 4.39 Å². The summed E-state index contributed by atoms with van der Waals surface area (Å²) in [7, 11) is 0. The molecule has 1 aromatic carbocycles. The van der Waals surface area contributed by atoms with E-state index in [1.54, 1.807) is 17.8 Å². The summed E-state index contributed by atoms with van der Waals surface area (Å²) in [6.07, 6.45) is 0. The van der Waals surface area contributed by atoms with Crippen molar-refractivity contribution in [3.05, 3.63) is 28.5 Å². The molecule has 0 bridgehead atoms.